The Kier molecular flexibility index (Phi) is 6.07. The van der Waals surface area contributed by atoms with Gasteiger partial charge in [-0.05, 0) is 43.4 Å². The zero-order valence-corrected chi connectivity index (χ0v) is 18.0. The van der Waals surface area contributed by atoms with Crippen LogP contribution in [0.3, 0.4) is 0 Å². The maximum absolute atomic E-state index is 12.8. The lowest BCUT2D eigenvalue weighted by Gasteiger charge is -2.36. The average molecular weight is 448 g/mol. The molecule has 0 bridgehead atoms. The molecule has 0 radical (unpaired) electrons. The van der Waals surface area contributed by atoms with Crippen molar-refractivity contribution in [1.82, 2.24) is 15.1 Å². The van der Waals surface area contributed by atoms with E-state index in [2.05, 4.69) is 43.2 Å². The summed E-state index contributed by atoms with van der Waals surface area (Å²) >= 11 is 3.51. The number of carbonyl (C=O) groups excluding carboxylic acids is 2. The number of nitrogens with one attached hydrogen (secondary N) is 1. The first-order valence-electron chi connectivity index (χ1n) is 10.6. The van der Waals surface area contributed by atoms with E-state index < -0.39 is 0 Å². The van der Waals surface area contributed by atoms with Crippen LogP contribution in [0.4, 0.5) is 0 Å². The molecule has 2 amide bonds. The van der Waals surface area contributed by atoms with Gasteiger partial charge in [0.25, 0.3) is 0 Å². The number of piperazine rings is 1. The summed E-state index contributed by atoms with van der Waals surface area (Å²) < 4.78 is 1.02. The second-order valence-electron chi connectivity index (χ2n) is 8.50. The molecular formula is C22H30BrN3O2. The number of carbonyl (C=O) groups is 2. The van der Waals surface area contributed by atoms with Crippen LogP contribution < -0.4 is 5.32 Å². The predicted octanol–water partition coefficient (Wildman–Crippen LogP) is 2.93. The Labute approximate surface area is 176 Å². The standard InChI is InChI=1S/C22H30BrN3O2/c23-19-7-3-6-18(16-19)22(8-9-22)21(28)24-10-11-25-12-14-26(15-13-25)20(27)17-4-1-2-5-17/h3,6-7,16-17H,1-2,4-5,8-15H2,(H,24,28). The molecule has 2 saturated carbocycles. The maximum atomic E-state index is 12.8. The normalized spacial score (nSPS) is 22.2. The molecule has 3 aliphatic rings. The zero-order chi connectivity index (χ0) is 19.6. The molecule has 152 valence electrons. The lowest BCUT2D eigenvalue weighted by atomic mass is 9.95. The summed E-state index contributed by atoms with van der Waals surface area (Å²) in [4.78, 5) is 29.7. The van der Waals surface area contributed by atoms with E-state index in [1.165, 1.54) is 12.8 Å². The zero-order valence-electron chi connectivity index (χ0n) is 16.5. The van der Waals surface area contributed by atoms with Crippen LogP contribution in [0.1, 0.15) is 44.1 Å². The molecule has 3 fully saturated rings. The van der Waals surface area contributed by atoms with Gasteiger partial charge in [0.2, 0.25) is 11.8 Å². The van der Waals surface area contributed by atoms with Crippen molar-refractivity contribution < 1.29 is 9.59 Å². The summed E-state index contributed by atoms with van der Waals surface area (Å²) in [7, 11) is 0. The van der Waals surface area contributed by atoms with Crippen LogP contribution in [0.25, 0.3) is 0 Å². The summed E-state index contributed by atoms with van der Waals surface area (Å²) in [6, 6.07) is 8.11. The van der Waals surface area contributed by atoms with Crippen LogP contribution in [-0.4, -0.2) is 60.9 Å². The van der Waals surface area contributed by atoms with E-state index in [1.807, 2.05) is 12.1 Å². The van der Waals surface area contributed by atoms with Crippen LogP contribution in [0.15, 0.2) is 28.7 Å². The smallest absolute Gasteiger partial charge is 0.230 e. The van der Waals surface area contributed by atoms with Gasteiger partial charge in [0, 0.05) is 49.7 Å². The highest BCUT2D eigenvalue weighted by Gasteiger charge is 2.51. The minimum absolute atomic E-state index is 0.153. The van der Waals surface area contributed by atoms with Gasteiger partial charge in [-0.15, -0.1) is 0 Å². The van der Waals surface area contributed by atoms with Crippen LogP contribution >= 0.6 is 15.9 Å². The van der Waals surface area contributed by atoms with E-state index in [9.17, 15) is 9.59 Å². The molecular weight excluding hydrogens is 418 g/mol. The van der Waals surface area contributed by atoms with E-state index in [1.54, 1.807) is 0 Å². The van der Waals surface area contributed by atoms with E-state index in [4.69, 9.17) is 0 Å². The number of rotatable bonds is 6. The summed E-state index contributed by atoms with van der Waals surface area (Å²) in [6.07, 6.45) is 6.42. The van der Waals surface area contributed by atoms with Gasteiger partial charge in [-0.2, -0.15) is 0 Å². The monoisotopic (exact) mass is 447 g/mol. The Morgan fingerprint density at radius 1 is 1.11 bits per heavy atom. The number of halogens is 1. The lowest BCUT2D eigenvalue weighted by Crippen LogP contribution is -2.51. The van der Waals surface area contributed by atoms with Gasteiger partial charge in [-0.3, -0.25) is 14.5 Å². The van der Waals surface area contributed by atoms with Crippen LogP contribution in [0.2, 0.25) is 0 Å². The Hall–Kier alpha value is -1.40. The van der Waals surface area contributed by atoms with Gasteiger partial charge >= 0.3 is 0 Å². The fraction of sp³-hybridized carbons (Fsp3) is 0.636. The van der Waals surface area contributed by atoms with Crippen molar-refractivity contribution in [3.63, 3.8) is 0 Å². The highest BCUT2D eigenvalue weighted by molar-refractivity contribution is 9.10. The molecule has 1 heterocycles. The van der Waals surface area contributed by atoms with Crippen molar-refractivity contribution in [1.29, 1.82) is 0 Å². The second kappa shape index (κ2) is 8.54. The van der Waals surface area contributed by atoms with Crippen LogP contribution in [0.5, 0.6) is 0 Å². The first-order chi connectivity index (χ1) is 13.6. The SMILES string of the molecule is O=C(C1CCCC1)N1CCN(CCNC(=O)C2(c3cccc(Br)c3)CC2)CC1. The fourth-order valence-corrected chi connectivity index (χ4v) is 5.08. The van der Waals surface area contributed by atoms with Gasteiger partial charge in [-0.25, -0.2) is 0 Å². The largest absolute Gasteiger partial charge is 0.354 e. The van der Waals surface area contributed by atoms with E-state index in [0.29, 0.717) is 12.5 Å². The molecule has 28 heavy (non-hydrogen) atoms. The summed E-state index contributed by atoms with van der Waals surface area (Å²) in [5, 5.41) is 3.15. The lowest BCUT2D eigenvalue weighted by molar-refractivity contribution is -0.137. The molecule has 0 atom stereocenters. The van der Waals surface area contributed by atoms with Gasteiger partial charge in [0.05, 0.1) is 5.41 Å². The van der Waals surface area contributed by atoms with E-state index in [-0.39, 0.29) is 17.2 Å². The molecule has 1 aromatic carbocycles. The maximum Gasteiger partial charge on any atom is 0.230 e. The number of benzene rings is 1. The van der Waals surface area contributed by atoms with Gasteiger partial charge < -0.3 is 10.2 Å². The first kappa shape index (κ1) is 19.9. The molecule has 4 rings (SSSR count). The first-order valence-corrected chi connectivity index (χ1v) is 11.4. The predicted molar refractivity (Wildman–Crippen MR) is 113 cm³/mol. The highest BCUT2D eigenvalue weighted by atomic mass is 79.9. The average Bonchev–Trinajstić information content (AvgIpc) is 3.35. The molecule has 0 unspecified atom stereocenters. The Balaban J connectivity index is 1.20. The Morgan fingerprint density at radius 3 is 2.46 bits per heavy atom. The Bertz CT molecular complexity index is 720. The fourth-order valence-electron chi connectivity index (χ4n) is 4.68. The van der Waals surface area contributed by atoms with Crippen LogP contribution in [-0.2, 0) is 15.0 Å². The van der Waals surface area contributed by atoms with Crippen molar-refractivity contribution in [3.05, 3.63) is 34.3 Å². The minimum atomic E-state index is -0.323. The van der Waals surface area contributed by atoms with Gasteiger partial charge in [-0.1, -0.05) is 40.9 Å². The summed E-state index contributed by atoms with van der Waals surface area (Å²) in [5.41, 5.74) is 0.786. The number of nitrogens with zero attached hydrogens (tertiary/aromatic N) is 2. The summed E-state index contributed by atoms with van der Waals surface area (Å²) in [6.45, 7) is 4.99. The molecule has 0 spiro atoms. The summed E-state index contributed by atoms with van der Waals surface area (Å²) in [5.74, 6) is 0.800. The van der Waals surface area contributed by atoms with Gasteiger partial charge in [0.15, 0.2) is 0 Å². The van der Waals surface area contributed by atoms with Crippen molar-refractivity contribution in [2.24, 2.45) is 5.92 Å². The van der Waals surface area contributed by atoms with Crippen molar-refractivity contribution in [2.75, 3.05) is 39.3 Å². The number of hydrogen-bond acceptors (Lipinski definition) is 3. The second-order valence-corrected chi connectivity index (χ2v) is 9.41. The third kappa shape index (κ3) is 4.28. The van der Waals surface area contributed by atoms with Gasteiger partial charge in [0.1, 0.15) is 0 Å². The quantitative estimate of drug-likeness (QED) is 0.728. The van der Waals surface area contributed by atoms with Crippen molar-refractivity contribution in [3.8, 4) is 0 Å². The highest BCUT2D eigenvalue weighted by Crippen LogP contribution is 2.48. The number of amides is 2. The molecule has 6 heteroatoms. The van der Waals surface area contributed by atoms with Crippen molar-refractivity contribution in [2.45, 2.75) is 43.9 Å². The molecule has 1 aromatic rings. The van der Waals surface area contributed by atoms with Crippen LogP contribution in [0, 0.1) is 5.92 Å². The third-order valence-electron chi connectivity index (χ3n) is 6.66. The Morgan fingerprint density at radius 2 is 1.82 bits per heavy atom. The van der Waals surface area contributed by atoms with E-state index >= 15 is 0 Å². The molecule has 0 aromatic heterocycles. The number of hydrogen-bond donors (Lipinski definition) is 1. The minimum Gasteiger partial charge on any atom is -0.354 e. The molecule has 5 nitrogen and oxygen atoms in total. The van der Waals surface area contributed by atoms with Crippen molar-refractivity contribution >= 4 is 27.7 Å². The van der Waals surface area contributed by atoms with E-state index in [0.717, 1.165) is 68.4 Å². The molecule has 1 aliphatic heterocycles. The molecule has 2 aliphatic carbocycles. The molecule has 1 N–H and O–H groups in total. The third-order valence-corrected chi connectivity index (χ3v) is 7.16. The molecule has 1 saturated heterocycles. The topological polar surface area (TPSA) is 52.7 Å².